The summed E-state index contributed by atoms with van der Waals surface area (Å²) in [6.07, 6.45) is 1.63. The van der Waals surface area contributed by atoms with E-state index >= 15 is 0 Å². The molecule has 6 rings (SSSR count). The van der Waals surface area contributed by atoms with Gasteiger partial charge in [-0.25, -0.2) is 18.1 Å². The number of nitrogens with one attached hydrogen (secondary N) is 2. The Morgan fingerprint density at radius 2 is 1.63 bits per heavy atom. The molecule has 9 nitrogen and oxygen atoms in total. The molecule has 0 unspecified atom stereocenters. The Kier molecular flexibility index (Phi) is 7.89. The van der Waals surface area contributed by atoms with Crippen molar-refractivity contribution < 1.29 is 17.9 Å². The highest BCUT2D eigenvalue weighted by Crippen LogP contribution is 2.34. The Labute approximate surface area is 252 Å². The van der Waals surface area contributed by atoms with Crippen molar-refractivity contribution in [3.8, 4) is 17.1 Å². The number of sulfonamides is 1. The van der Waals surface area contributed by atoms with Gasteiger partial charge in [0.25, 0.3) is 15.9 Å². The van der Waals surface area contributed by atoms with Crippen LogP contribution in [0.15, 0.2) is 83.8 Å². The molecular weight excluding hydrogens is 562 g/mol. The maximum Gasteiger partial charge on any atom is 0.264 e. The minimum atomic E-state index is -4.09. The van der Waals surface area contributed by atoms with E-state index < -0.39 is 10.0 Å². The van der Waals surface area contributed by atoms with E-state index in [9.17, 15) is 13.2 Å². The molecule has 43 heavy (non-hydrogen) atoms. The van der Waals surface area contributed by atoms with E-state index in [1.54, 1.807) is 18.2 Å². The van der Waals surface area contributed by atoms with Crippen LogP contribution in [0.2, 0.25) is 0 Å². The molecule has 0 aliphatic carbocycles. The molecule has 4 aromatic rings. The first-order chi connectivity index (χ1) is 20.7. The van der Waals surface area contributed by atoms with E-state index in [0.29, 0.717) is 18.8 Å². The predicted octanol–water partition coefficient (Wildman–Crippen LogP) is 4.97. The van der Waals surface area contributed by atoms with Gasteiger partial charge in [-0.15, -0.1) is 0 Å². The highest BCUT2D eigenvalue weighted by molar-refractivity contribution is 7.92. The molecule has 2 N–H and O–H groups in total. The van der Waals surface area contributed by atoms with E-state index in [0.717, 1.165) is 49.2 Å². The number of likely N-dealkylation sites (tertiary alicyclic amines) is 1. The summed E-state index contributed by atoms with van der Waals surface area (Å²) in [6, 6.07) is 24.1. The average molecular weight is 598 g/mol. The molecule has 10 heteroatoms. The van der Waals surface area contributed by atoms with E-state index in [2.05, 4.69) is 49.2 Å². The number of piperidine rings is 1. The molecule has 1 amide bonds. The molecular formula is C33H35N5O4S. The molecule has 0 atom stereocenters. The van der Waals surface area contributed by atoms with Crippen molar-refractivity contribution in [3.63, 3.8) is 0 Å². The standard InChI is InChI=1S/C33H35N5O4S/c1-23-8-6-9-24(2)30(23)28-19-29-36-32(35-28)37-43(40,41)27-13-7-12-26(18-27)31(39)34-21-33(22-42-29)14-16-38(17-15-33)20-25-10-4-3-5-11-25/h3-13,18-19H,14-17,20-22H2,1-2H3,(H,34,39)(H,35,36,37). The topological polar surface area (TPSA) is 114 Å². The van der Waals surface area contributed by atoms with Gasteiger partial charge in [-0.05, 0) is 74.7 Å². The second-order valence-electron chi connectivity index (χ2n) is 11.5. The van der Waals surface area contributed by atoms with Crippen LogP contribution in [-0.4, -0.2) is 55.4 Å². The lowest BCUT2D eigenvalue weighted by Gasteiger charge is -2.41. The van der Waals surface area contributed by atoms with Crippen LogP contribution < -0.4 is 14.8 Å². The number of ether oxygens (including phenoxy) is 1. The molecule has 1 saturated heterocycles. The summed E-state index contributed by atoms with van der Waals surface area (Å²) < 4.78 is 35.6. The zero-order valence-electron chi connectivity index (χ0n) is 24.3. The Bertz CT molecular complexity index is 1730. The van der Waals surface area contributed by atoms with Crippen LogP contribution in [-0.2, 0) is 16.6 Å². The number of benzene rings is 3. The van der Waals surface area contributed by atoms with E-state index in [1.807, 2.05) is 38.1 Å². The van der Waals surface area contributed by atoms with Crippen LogP contribution in [0, 0.1) is 19.3 Å². The molecule has 222 valence electrons. The van der Waals surface area contributed by atoms with E-state index in [4.69, 9.17) is 4.74 Å². The number of carbonyl (C=O) groups excluding carboxylic acids is 1. The van der Waals surface area contributed by atoms with Gasteiger partial charge < -0.3 is 10.1 Å². The van der Waals surface area contributed by atoms with Crippen molar-refractivity contribution in [1.29, 1.82) is 0 Å². The first kappa shape index (κ1) is 28.8. The largest absolute Gasteiger partial charge is 0.477 e. The molecule has 1 fully saturated rings. The van der Waals surface area contributed by atoms with Crippen molar-refractivity contribution in [1.82, 2.24) is 20.2 Å². The third-order valence-corrected chi connectivity index (χ3v) is 9.71. The Morgan fingerprint density at radius 1 is 0.907 bits per heavy atom. The number of hydrogen-bond acceptors (Lipinski definition) is 7. The number of anilines is 1. The van der Waals surface area contributed by atoms with Crippen LogP contribution >= 0.6 is 0 Å². The van der Waals surface area contributed by atoms with Gasteiger partial charge in [-0.2, -0.15) is 4.98 Å². The Hall–Kier alpha value is -4.28. The highest BCUT2D eigenvalue weighted by Gasteiger charge is 2.36. The predicted molar refractivity (Wildman–Crippen MR) is 165 cm³/mol. The lowest BCUT2D eigenvalue weighted by Crippen LogP contribution is -2.49. The van der Waals surface area contributed by atoms with Crippen LogP contribution in [0.25, 0.3) is 11.3 Å². The number of amides is 1. The van der Waals surface area contributed by atoms with Gasteiger partial charge in [-0.3, -0.25) is 9.69 Å². The third kappa shape index (κ3) is 6.40. The summed E-state index contributed by atoms with van der Waals surface area (Å²) in [7, 11) is -4.09. The van der Waals surface area contributed by atoms with Crippen LogP contribution in [0.3, 0.4) is 0 Å². The third-order valence-electron chi connectivity index (χ3n) is 8.39. The second-order valence-corrected chi connectivity index (χ2v) is 13.2. The molecule has 1 spiro atoms. The first-order valence-electron chi connectivity index (χ1n) is 14.5. The Morgan fingerprint density at radius 3 is 2.37 bits per heavy atom. The van der Waals surface area contributed by atoms with E-state index in [-0.39, 0.29) is 33.6 Å². The van der Waals surface area contributed by atoms with Crippen LogP contribution in [0.4, 0.5) is 5.95 Å². The first-order valence-corrected chi connectivity index (χ1v) is 15.9. The van der Waals surface area contributed by atoms with Crippen molar-refractivity contribution in [2.45, 2.75) is 38.1 Å². The van der Waals surface area contributed by atoms with Crippen LogP contribution in [0.1, 0.15) is 39.9 Å². The molecule has 0 saturated carbocycles. The smallest absolute Gasteiger partial charge is 0.264 e. The summed E-state index contributed by atoms with van der Waals surface area (Å²) in [4.78, 5) is 24.7. The van der Waals surface area contributed by atoms with Gasteiger partial charge in [0.15, 0.2) is 0 Å². The van der Waals surface area contributed by atoms with Gasteiger partial charge in [0, 0.05) is 35.7 Å². The van der Waals surface area contributed by atoms with Gasteiger partial charge in [0.05, 0.1) is 17.2 Å². The molecule has 2 aliphatic heterocycles. The van der Waals surface area contributed by atoms with Crippen molar-refractivity contribution in [2.24, 2.45) is 5.41 Å². The minimum absolute atomic E-state index is 0.0512. The number of rotatable bonds is 3. The van der Waals surface area contributed by atoms with Crippen molar-refractivity contribution in [3.05, 3.63) is 101 Å². The SMILES string of the molecule is Cc1cccc(C)c1-c1cc2nc(n1)NS(=O)(=O)c1cccc(c1)C(=O)NCC1(CCN(Cc3ccccc3)CC1)CO2. The van der Waals surface area contributed by atoms with Crippen molar-refractivity contribution in [2.75, 3.05) is 31.0 Å². The average Bonchev–Trinajstić information content (AvgIpc) is 3.00. The van der Waals surface area contributed by atoms with Crippen LogP contribution in [0.5, 0.6) is 5.88 Å². The molecule has 0 radical (unpaired) electrons. The fourth-order valence-electron chi connectivity index (χ4n) is 5.87. The quantitative estimate of drug-likeness (QED) is 0.343. The summed E-state index contributed by atoms with van der Waals surface area (Å²) >= 11 is 0. The monoisotopic (exact) mass is 597 g/mol. The zero-order valence-corrected chi connectivity index (χ0v) is 25.2. The maximum absolute atomic E-state index is 13.4. The van der Waals surface area contributed by atoms with Gasteiger partial charge in [0.2, 0.25) is 11.8 Å². The lowest BCUT2D eigenvalue weighted by atomic mass is 9.78. The second kappa shape index (κ2) is 11.8. The summed E-state index contributed by atoms with van der Waals surface area (Å²) in [5.41, 5.74) is 4.67. The highest BCUT2D eigenvalue weighted by atomic mass is 32.2. The van der Waals surface area contributed by atoms with Gasteiger partial charge >= 0.3 is 0 Å². The van der Waals surface area contributed by atoms with Gasteiger partial charge in [0.1, 0.15) is 0 Å². The number of carbonyl (C=O) groups is 1. The Balaban J connectivity index is 1.36. The normalized spacial score (nSPS) is 18.1. The fraction of sp³-hybridized carbons (Fsp3) is 0.303. The number of hydrogen-bond donors (Lipinski definition) is 2. The molecule has 3 heterocycles. The molecule has 3 aromatic carbocycles. The summed E-state index contributed by atoms with van der Waals surface area (Å²) in [5.74, 6) is -0.144. The number of nitrogens with zero attached hydrogens (tertiary/aromatic N) is 3. The molecule has 2 aliphatic rings. The number of fused-ring (bicyclic) bond motifs is 4. The minimum Gasteiger partial charge on any atom is -0.477 e. The number of aromatic nitrogens is 2. The van der Waals surface area contributed by atoms with Crippen molar-refractivity contribution >= 4 is 21.9 Å². The lowest BCUT2D eigenvalue weighted by molar-refractivity contribution is 0.0472. The maximum atomic E-state index is 13.4. The molecule has 1 aromatic heterocycles. The fourth-order valence-corrected chi connectivity index (χ4v) is 6.86. The summed E-state index contributed by atoms with van der Waals surface area (Å²) in [6.45, 7) is 7.26. The summed E-state index contributed by atoms with van der Waals surface area (Å²) in [5, 5.41) is 3.07. The molecule has 4 bridgehead atoms. The number of aryl methyl sites for hydroxylation is 2. The zero-order chi connectivity index (χ0) is 30.0. The van der Waals surface area contributed by atoms with Gasteiger partial charge in [-0.1, -0.05) is 54.6 Å². The van der Waals surface area contributed by atoms with E-state index in [1.165, 1.54) is 17.7 Å².